The second-order valence-corrected chi connectivity index (χ2v) is 36.8. The molecule has 0 radical (unpaired) electrons. The molecule has 14 atom stereocenters. The van der Waals surface area contributed by atoms with E-state index < -0.39 is 174 Å². The fourth-order valence-electron chi connectivity index (χ4n) is 16.8. The van der Waals surface area contributed by atoms with Crippen molar-refractivity contribution in [1.82, 2.24) is 10.6 Å². The Balaban J connectivity index is 2.82. The molecule has 2 rings (SSSR count). The lowest BCUT2D eigenvalue weighted by Crippen LogP contribution is -2.68. The fourth-order valence-corrected chi connectivity index (χ4v) is 17.3. The predicted molar refractivity (Wildman–Crippen MR) is 480 cm³/mol. The number of aliphatic carboxylic acids is 1. The summed E-state index contributed by atoms with van der Waals surface area (Å²) < 4.78 is 68.3. The van der Waals surface area contributed by atoms with Crippen molar-refractivity contribution >= 4 is 49.5 Å². The lowest BCUT2D eigenvalue weighted by molar-refractivity contribution is -0.286. The van der Waals surface area contributed by atoms with Crippen LogP contribution in [0.25, 0.3) is 0 Å². The first-order valence-electron chi connectivity index (χ1n) is 49.8. The number of amides is 2. The third kappa shape index (κ3) is 59.3. The molecule has 0 spiro atoms. The molecule has 2 saturated heterocycles. The largest absolute Gasteiger partial charge is 0.479 e. The maximum Gasteiger partial charge on any atom is 0.470 e. The molecule has 0 aromatic carbocycles. The number of rotatable bonds is 84. The van der Waals surface area contributed by atoms with Crippen LogP contribution >= 0.6 is 7.82 Å². The third-order valence-corrected chi connectivity index (χ3v) is 24.6. The van der Waals surface area contributed by atoms with E-state index in [-0.39, 0.29) is 38.5 Å². The smallest absolute Gasteiger partial charge is 0.470 e. The van der Waals surface area contributed by atoms with Crippen LogP contribution in [0.15, 0.2) is 0 Å². The fraction of sp³-hybridized carbons (Fsp3) is 0.927. The lowest BCUT2D eigenvalue weighted by Gasteiger charge is -2.47. The van der Waals surface area contributed by atoms with Gasteiger partial charge in [-0.3, -0.25) is 33.3 Å². The number of carbonyl (C=O) groups excluding carboxylic acids is 6. The van der Waals surface area contributed by atoms with Crippen LogP contribution < -0.4 is 10.6 Å². The average molecular weight is 1760 g/mol. The molecular weight excluding hydrogens is 1580 g/mol. The highest BCUT2D eigenvalue weighted by Crippen LogP contribution is 2.43. The Morgan fingerprint density at radius 1 is 0.361 bits per heavy atom. The Bertz CT molecular complexity index is 2640. The molecule has 25 nitrogen and oxygen atoms in total. The van der Waals surface area contributed by atoms with Crippen LogP contribution in [0.2, 0.25) is 0 Å². The highest BCUT2D eigenvalue weighted by Gasteiger charge is 2.55. The SMILES string of the molecule is CCCCCCCCCCCCCC(=O)O[C@H](CCCCCCCCCCC)CC(=O)O[C@@H]1[C@@H](NC(=O)C[C@@H](CCCCCCCCCCC)OC(=O)CCCCCCCCCCC)[C@H](OC[C@H]2O[C@H](C(=O)O)[C@H](NC(=O)C[C@H](O)CCCCCCCCCCC)[C@@H](OC(=O)C[C@H](O)CCCCCCCCCCC)[C@@H]2O)O[C@H](COC)[C@H]1OP(=O)(O)O. The molecular formula is C96H179N2O23P. The van der Waals surface area contributed by atoms with Gasteiger partial charge in [-0.05, 0) is 51.4 Å². The summed E-state index contributed by atoms with van der Waals surface area (Å²) in [6.45, 7) is 11.7. The number of ether oxygens (including phenoxy) is 8. The lowest BCUT2D eigenvalue weighted by atomic mass is 9.91. The van der Waals surface area contributed by atoms with Gasteiger partial charge in [0.15, 0.2) is 24.6 Å². The minimum atomic E-state index is -5.61. The van der Waals surface area contributed by atoms with Crippen LogP contribution in [0.5, 0.6) is 0 Å². The molecule has 2 aliphatic rings. The second kappa shape index (κ2) is 76.0. The van der Waals surface area contributed by atoms with E-state index in [1.165, 1.54) is 97.0 Å². The van der Waals surface area contributed by atoms with Crippen molar-refractivity contribution in [2.75, 3.05) is 20.3 Å². The monoisotopic (exact) mass is 1760 g/mol. The molecule has 2 amide bonds. The van der Waals surface area contributed by atoms with E-state index in [2.05, 4.69) is 52.2 Å². The molecule has 716 valence electrons. The number of carbonyl (C=O) groups is 7. The van der Waals surface area contributed by atoms with Gasteiger partial charge in [-0.25, -0.2) is 9.36 Å². The first kappa shape index (κ1) is 114. The molecule has 0 aliphatic carbocycles. The van der Waals surface area contributed by atoms with Crippen molar-refractivity contribution in [3.8, 4) is 0 Å². The summed E-state index contributed by atoms with van der Waals surface area (Å²) in [6, 6.07) is -3.62. The van der Waals surface area contributed by atoms with Crippen LogP contribution in [-0.2, 0) is 80.5 Å². The Hall–Kier alpha value is -3.88. The van der Waals surface area contributed by atoms with Gasteiger partial charge in [0.25, 0.3) is 0 Å². The molecule has 122 heavy (non-hydrogen) atoms. The number of nitrogens with one attached hydrogen (secondary N) is 2. The quantitative estimate of drug-likeness (QED) is 0.0121. The van der Waals surface area contributed by atoms with Crippen molar-refractivity contribution in [2.45, 2.75) is 551 Å². The third-order valence-electron chi connectivity index (χ3n) is 24.1. The topological polar surface area (TPSA) is 365 Å². The van der Waals surface area contributed by atoms with Crippen molar-refractivity contribution in [1.29, 1.82) is 0 Å². The number of phosphoric acid groups is 1. The number of hydrogen-bond acceptors (Lipinski definition) is 20. The standard InChI is InChI=1S/C96H179N2O23P/c1-8-14-20-26-32-38-39-45-51-57-63-69-85(104)116-79(67-61-55-49-43-36-30-24-18-12-5)73-87(106)120-93-89(98-83(102)72-78(66-60-54-48-42-35-29-23-17-11-4)115-84(103)68-62-56-50-44-37-31-25-19-13-6)96(118-81(74-113-7)91(93)121-122(110,111)112)114-75-80-90(107)92(119-86(105)71-77(100)65-59-53-47-41-34-28-22-16-10-3)88(94(117-80)95(108)109)97-82(101)70-76(99)64-58-52-46-40-33-27-21-15-9-2/h76-81,88-94,96,99-100,107H,8-75H2,1-7H3,(H,97,101)(H,98,102)(H,108,109)(H2,110,111,112)/t76-,77-,78-,79-,80-,81-,88-,89-,90-,91-,92-,93-,94+,96-/m1/s1. The zero-order chi connectivity index (χ0) is 89.5. The Morgan fingerprint density at radius 2 is 0.680 bits per heavy atom. The highest BCUT2D eigenvalue weighted by molar-refractivity contribution is 7.46. The molecule has 2 fully saturated rings. The zero-order valence-corrected chi connectivity index (χ0v) is 78.6. The number of aliphatic hydroxyl groups is 3. The van der Waals surface area contributed by atoms with Gasteiger partial charge in [-0.2, -0.15) is 0 Å². The van der Waals surface area contributed by atoms with Crippen molar-refractivity contribution in [3.63, 3.8) is 0 Å². The van der Waals surface area contributed by atoms with E-state index in [4.69, 9.17) is 42.4 Å². The van der Waals surface area contributed by atoms with E-state index in [9.17, 15) is 58.8 Å². The van der Waals surface area contributed by atoms with Crippen LogP contribution in [0.1, 0.15) is 465 Å². The summed E-state index contributed by atoms with van der Waals surface area (Å²) in [7, 11) is -4.35. The maximum atomic E-state index is 15.2. The number of carboxylic acids is 1. The summed E-state index contributed by atoms with van der Waals surface area (Å²) >= 11 is 0. The Kier molecular flexibility index (Phi) is 71.2. The predicted octanol–water partition coefficient (Wildman–Crippen LogP) is 21.3. The van der Waals surface area contributed by atoms with Crippen LogP contribution in [0.3, 0.4) is 0 Å². The van der Waals surface area contributed by atoms with Gasteiger partial charge in [0, 0.05) is 20.0 Å². The molecule has 2 heterocycles. The van der Waals surface area contributed by atoms with Gasteiger partial charge in [0.1, 0.15) is 48.7 Å². The first-order chi connectivity index (χ1) is 59.0. The molecule has 26 heteroatoms. The highest BCUT2D eigenvalue weighted by atomic mass is 31.2. The number of hydrogen-bond donors (Lipinski definition) is 8. The zero-order valence-electron chi connectivity index (χ0n) is 77.7. The van der Waals surface area contributed by atoms with Crippen LogP contribution in [-0.4, -0.2) is 178 Å². The van der Waals surface area contributed by atoms with E-state index in [1.807, 2.05) is 0 Å². The number of esters is 4. The number of phosphoric ester groups is 1. The van der Waals surface area contributed by atoms with Crippen molar-refractivity contribution in [2.24, 2.45) is 0 Å². The van der Waals surface area contributed by atoms with Gasteiger partial charge < -0.3 is 78.7 Å². The van der Waals surface area contributed by atoms with Gasteiger partial charge in [0.05, 0.1) is 51.1 Å². The van der Waals surface area contributed by atoms with E-state index in [0.717, 1.165) is 231 Å². The summed E-state index contributed by atoms with van der Waals surface area (Å²) in [5.74, 6) is -6.36. The van der Waals surface area contributed by atoms with Gasteiger partial charge in [-0.15, -0.1) is 0 Å². The van der Waals surface area contributed by atoms with Gasteiger partial charge in [0.2, 0.25) is 11.8 Å². The molecule has 0 aromatic heterocycles. The van der Waals surface area contributed by atoms with Gasteiger partial charge in [-0.1, -0.05) is 375 Å². The minimum Gasteiger partial charge on any atom is -0.479 e. The number of methoxy groups -OCH3 is 1. The summed E-state index contributed by atoms with van der Waals surface area (Å²) in [5.41, 5.74) is 0. The van der Waals surface area contributed by atoms with Crippen molar-refractivity contribution < 1.29 is 111 Å². The van der Waals surface area contributed by atoms with Crippen LogP contribution in [0, 0.1) is 0 Å². The molecule has 0 bridgehead atoms. The van der Waals surface area contributed by atoms with E-state index in [0.29, 0.717) is 38.5 Å². The molecule has 0 aromatic rings. The maximum absolute atomic E-state index is 15.2. The van der Waals surface area contributed by atoms with E-state index >= 15 is 9.59 Å². The van der Waals surface area contributed by atoms with Gasteiger partial charge >= 0.3 is 37.7 Å². The minimum absolute atomic E-state index is 0.107. The average Bonchev–Trinajstić information content (AvgIpc) is 0.777. The number of aliphatic hydroxyl groups excluding tert-OH is 3. The van der Waals surface area contributed by atoms with Crippen molar-refractivity contribution in [3.05, 3.63) is 0 Å². The number of unbranched alkanes of at least 4 members (excludes halogenated alkanes) is 50. The normalized spacial score (nSPS) is 20.3. The second-order valence-electron chi connectivity index (χ2n) is 35.6. The Labute approximate surface area is 738 Å². The first-order valence-corrected chi connectivity index (χ1v) is 51.4. The molecule has 0 unspecified atom stereocenters. The van der Waals surface area contributed by atoms with Crippen LogP contribution in [0.4, 0.5) is 0 Å². The molecule has 8 N–H and O–H groups in total. The van der Waals surface area contributed by atoms with E-state index in [1.54, 1.807) is 0 Å². The summed E-state index contributed by atoms with van der Waals surface area (Å²) in [5, 5.41) is 51.5. The summed E-state index contributed by atoms with van der Waals surface area (Å²) in [6.07, 6.45) is 37.1. The number of carboxylic acid groups (broad SMARTS) is 1. The molecule has 2 aliphatic heterocycles. The molecule has 0 saturated carbocycles. The summed E-state index contributed by atoms with van der Waals surface area (Å²) in [4.78, 5) is 121. The Morgan fingerprint density at radius 3 is 1.05 bits per heavy atom.